The second-order valence-electron chi connectivity index (χ2n) is 5.25. The molecule has 0 spiro atoms. The molecule has 0 aromatic carbocycles. The van der Waals surface area contributed by atoms with Crippen LogP contribution in [0.25, 0.3) is 0 Å². The van der Waals surface area contributed by atoms with Crippen LogP contribution in [0.15, 0.2) is 6.07 Å². The summed E-state index contributed by atoms with van der Waals surface area (Å²) < 4.78 is 0. The Morgan fingerprint density at radius 2 is 2.22 bits per heavy atom. The predicted molar refractivity (Wildman–Crippen MR) is 74.3 cm³/mol. The van der Waals surface area contributed by atoms with Crippen molar-refractivity contribution in [3.63, 3.8) is 0 Å². The van der Waals surface area contributed by atoms with Gasteiger partial charge >= 0.3 is 5.97 Å². The predicted octanol–water partition coefficient (Wildman–Crippen LogP) is 3.42. The fraction of sp³-hybridized carbons (Fsp3) is 0.643. The highest BCUT2D eigenvalue weighted by molar-refractivity contribution is 7.14. The molecule has 0 saturated heterocycles. The molecule has 1 aromatic heterocycles. The van der Waals surface area contributed by atoms with Crippen molar-refractivity contribution in [1.82, 2.24) is 5.32 Å². The van der Waals surface area contributed by atoms with Crippen LogP contribution >= 0.6 is 11.3 Å². The first-order valence-corrected chi connectivity index (χ1v) is 7.45. The summed E-state index contributed by atoms with van der Waals surface area (Å²) in [6.45, 7) is 5.10. The molecule has 2 rings (SSSR count). The number of aryl methyl sites for hydroxylation is 1. The van der Waals surface area contributed by atoms with Crippen LogP contribution in [0.2, 0.25) is 0 Å². The van der Waals surface area contributed by atoms with E-state index in [-0.39, 0.29) is 0 Å². The molecule has 2 N–H and O–H groups in total. The van der Waals surface area contributed by atoms with Crippen LogP contribution < -0.4 is 5.32 Å². The third kappa shape index (κ3) is 3.12. The maximum Gasteiger partial charge on any atom is 0.345 e. The summed E-state index contributed by atoms with van der Waals surface area (Å²) >= 11 is 1.37. The van der Waals surface area contributed by atoms with E-state index in [4.69, 9.17) is 5.11 Å². The summed E-state index contributed by atoms with van der Waals surface area (Å²) in [5, 5.41) is 12.6. The van der Waals surface area contributed by atoms with Crippen LogP contribution in [-0.2, 0) is 6.54 Å². The van der Waals surface area contributed by atoms with E-state index in [0.29, 0.717) is 10.9 Å². The lowest BCUT2D eigenvalue weighted by molar-refractivity contribution is 0.0702. The summed E-state index contributed by atoms with van der Waals surface area (Å²) in [4.78, 5) is 12.5. The van der Waals surface area contributed by atoms with Crippen LogP contribution in [0, 0.1) is 12.8 Å². The molecule has 4 heteroatoms. The van der Waals surface area contributed by atoms with Gasteiger partial charge in [-0.3, -0.25) is 0 Å². The number of rotatable bonds is 4. The van der Waals surface area contributed by atoms with Crippen molar-refractivity contribution in [2.75, 3.05) is 0 Å². The molecule has 1 heterocycles. The number of nitrogens with one attached hydrogen (secondary N) is 1. The number of aromatic carboxylic acids is 1. The van der Waals surface area contributed by atoms with E-state index in [1.54, 1.807) is 0 Å². The highest BCUT2D eigenvalue weighted by Crippen LogP contribution is 2.25. The highest BCUT2D eigenvalue weighted by Gasteiger charge is 2.21. The Morgan fingerprint density at radius 3 is 2.83 bits per heavy atom. The van der Waals surface area contributed by atoms with Crippen molar-refractivity contribution in [2.24, 2.45) is 5.92 Å². The molecule has 1 saturated carbocycles. The summed E-state index contributed by atoms with van der Waals surface area (Å²) in [5.41, 5.74) is 1.13. The maximum absolute atomic E-state index is 10.9. The molecule has 0 radical (unpaired) electrons. The molecular weight excluding hydrogens is 246 g/mol. The fourth-order valence-corrected chi connectivity index (χ4v) is 3.54. The average molecular weight is 267 g/mol. The fourth-order valence-electron chi connectivity index (χ4n) is 2.66. The minimum Gasteiger partial charge on any atom is -0.477 e. The Morgan fingerprint density at radius 1 is 1.50 bits per heavy atom. The Balaban J connectivity index is 1.95. The second-order valence-corrected chi connectivity index (χ2v) is 6.50. The van der Waals surface area contributed by atoms with E-state index in [1.807, 2.05) is 13.0 Å². The van der Waals surface area contributed by atoms with Gasteiger partial charge in [-0.2, -0.15) is 0 Å². The molecule has 2 unspecified atom stereocenters. The minimum atomic E-state index is -0.819. The van der Waals surface area contributed by atoms with Gasteiger partial charge in [-0.15, -0.1) is 11.3 Å². The van der Waals surface area contributed by atoms with Gasteiger partial charge in [0.25, 0.3) is 0 Å². The first kappa shape index (κ1) is 13.6. The van der Waals surface area contributed by atoms with Crippen molar-refractivity contribution in [2.45, 2.75) is 52.1 Å². The molecule has 3 nitrogen and oxygen atoms in total. The normalized spacial score (nSPS) is 24.1. The number of hydrogen-bond donors (Lipinski definition) is 2. The van der Waals surface area contributed by atoms with Crippen molar-refractivity contribution >= 4 is 17.3 Å². The van der Waals surface area contributed by atoms with Crippen molar-refractivity contribution in [3.8, 4) is 0 Å². The smallest absolute Gasteiger partial charge is 0.345 e. The zero-order chi connectivity index (χ0) is 13.1. The van der Waals surface area contributed by atoms with Gasteiger partial charge in [0.05, 0.1) is 0 Å². The minimum absolute atomic E-state index is 0.445. The lowest BCUT2D eigenvalue weighted by atomic mass is 9.86. The lowest BCUT2D eigenvalue weighted by Crippen LogP contribution is -2.36. The number of thiophene rings is 1. The summed E-state index contributed by atoms with van der Waals surface area (Å²) in [6, 6.07) is 2.40. The molecular formula is C14H21NO2S. The molecule has 1 aliphatic rings. The van der Waals surface area contributed by atoms with Gasteiger partial charge in [0, 0.05) is 17.5 Å². The molecule has 1 aromatic rings. The van der Waals surface area contributed by atoms with E-state index in [9.17, 15) is 4.79 Å². The van der Waals surface area contributed by atoms with Crippen LogP contribution in [0.3, 0.4) is 0 Å². The quantitative estimate of drug-likeness (QED) is 0.878. The van der Waals surface area contributed by atoms with Gasteiger partial charge in [-0.05, 0) is 37.3 Å². The van der Waals surface area contributed by atoms with Gasteiger partial charge in [0.2, 0.25) is 0 Å². The van der Waals surface area contributed by atoms with Gasteiger partial charge in [0.1, 0.15) is 4.88 Å². The van der Waals surface area contributed by atoms with Crippen LogP contribution in [-0.4, -0.2) is 17.1 Å². The summed E-state index contributed by atoms with van der Waals surface area (Å²) in [5.74, 6) is -0.0861. The lowest BCUT2D eigenvalue weighted by Gasteiger charge is -2.29. The van der Waals surface area contributed by atoms with E-state index < -0.39 is 5.97 Å². The Kier molecular flexibility index (Phi) is 4.40. The van der Waals surface area contributed by atoms with Crippen molar-refractivity contribution in [3.05, 3.63) is 21.4 Å². The molecule has 100 valence electrons. The van der Waals surface area contributed by atoms with E-state index in [0.717, 1.165) is 22.9 Å². The third-order valence-electron chi connectivity index (χ3n) is 3.90. The number of carboxylic acids is 1. The first-order chi connectivity index (χ1) is 8.58. The van der Waals surface area contributed by atoms with E-state index in [1.165, 1.54) is 37.0 Å². The molecule has 0 bridgehead atoms. The van der Waals surface area contributed by atoms with Gasteiger partial charge in [-0.1, -0.05) is 19.8 Å². The van der Waals surface area contributed by atoms with Crippen molar-refractivity contribution in [1.29, 1.82) is 0 Å². The molecule has 1 aliphatic carbocycles. The van der Waals surface area contributed by atoms with E-state index >= 15 is 0 Å². The average Bonchev–Trinajstić information content (AvgIpc) is 2.70. The molecule has 0 amide bonds. The molecule has 1 fully saturated rings. The topological polar surface area (TPSA) is 49.3 Å². The second kappa shape index (κ2) is 5.85. The van der Waals surface area contributed by atoms with Crippen LogP contribution in [0.5, 0.6) is 0 Å². The first-order valence-electron chi connectivity index (χ1n) is 6.64. The molecule has 2 atom stereocenters. The Labute approximate surface area is 112 Å². The number of carboxylic acid groups (broad SMARTS) is 1. The number of hydrogen-bond acceptors (Lipinski definition) is 3. The SMILES string of the molecule is Cc1sc(C(=O)O)cc1CNC1CCCCC1C. The standard InChI is InChI=1S/C14H21NO2S/c1-9-5-3-4-6-12(9)15-8-11-7-13(14(16)17)18-10(11)2/h7,9,12,15H,3-6,8H2,1-2H3,(H,16,17). The summed E-state index contributed by atoms with van der Waals surface area (Å²) in [7, 11) is 0. The zero-order valence-corrected chi connectivity index (χ0v) is 11.8. The maximum atomic E-state index is 10.9. The van der Waals surface area contributed by atoms with E-state index in [2.05, 4.69) is 12.2 Å². The van der Waals surface area contributed by atoms with Gasteiger partial charge in [0.15, 0.2) is 0 Å². The van der Waals surface area contributed by atoms with Crippen LogP contribution in [0.4, 0.5) is 0 Å². The van der Waals surface area contributed by atoms with Crippen molar-refractivity contribution < 1.29 is 9.90 Å². The monoisotopic (exact) mass is 267 g/mol. The Bertz CT molecular complexity index is 427. The third-order valence-corrected chi connectivity index (χ3v) is 4.98. The zero-order valence-electron chi connectivity index (χ0n) is 11.0. The number of carbonyl (C=O) groups is 1. The Hall–Kier alpha value is -0.870. The van der Waals surface area contributed by atoms with Crippen LogP contribution in [0.1, 0.15) is 52.7 Å². The highest BCUT2D eigenvalue weighted by atomic mass is 32.1. The summed E-state index contributed by atoms with van der Waals surface area (Å²) in [6.07, 6.45) is 5.21. The largest absolute Gasteiger partial charge is 0.477 e. The van der Waals surface area contributed by atoms with Gasteiger partial charge in [-0.25, -0.2) is 4.79 Å². The molecule has 0 aliphatic heterocycles. The molecule has 18 heavy (non-hydrogen) atoms. The van der Waals surface area contributed by atoms with Gasteiger partial charge < -0.3 is 10.4 Å².